The van der Waals surface area contributed by atoms with Gasteiger partial charge in [0.15, 0.2) is 6.61 Å². The van der Waals surface area contributed by atoms with Crippen LogP contribution in [0.15, 0.2) is 23.1 Å². The first kappa shape index (κ1) is 17.5. The number of halogens is 4. The molecule has 0 saturated heterocycles. The van der Waals surface area contributed by atoms with E-state index in [0.29, 0.717) is 0 Å². The molecule has 0 saturated carbocycles. The fourth-order valence-electron chi connectivity index (χ4n) is 1.32. The smallest absolute Gasteiger partial charge is 0.340 e. The molecule has 0 atom stereocenters. The predicted molar refractivity (Wildman–Crippen MR) is 68.2 cm³/mol. The Bertz CT molecular complexity index is 593. The van der Waals surface area contributed by atoms with E-state index >= 15 is 0 Å². The van der Waals surface area contributed by atoms with E-state index in [1.807, 2.05) is 0 Å². The normalized spacial score (nSPS) is 12.7. The van der Waals surface area contributed by atoms with Crippen molar-refractivity contribution >= 4 is 15.7 Å². The Balaban J connectivity index is 2.99. The lowest BCUT2D eigenvalue weighted by Crippen LogP contribution is -2.34. The summed E-state index contributed by atoms with van der Waals surface area (Å²) in [5.41, 5.74) is 5.30. The molecule has 120 valence electrons. The van der Waals surface area contributed by atoms with Gasteiger partial charge in [0.1, 0.15) is 5.75 Å². The van der Waals surface area contributed by atoms with Crippen LogP contribution < -0.4 is 15.2 Å². The molecule has 10 heteroatoms. The minimum atomic E-state index is -4.36. The molecule has 21 heavy (non-hydrogen) atoms. The van der Waals surface area contributed by atoms with Crippen molar-refractivity contribution in [3.63, 3.8) is 0 Å². The predicted octanol–water partition coefficient (Wildman–Crippen LogP) is 1.85. The van der Waals surface area contributed by atoms with Gasteiger partial charge in [0.05, 0.1) is 10.6 Å². The number of sulfonamides is 1. The molecule has 0 aliphatic heterocycles. The van der Waals surface area contributed by atoms with Crippen molar-refractivity contribution < 1.29 is 30.7 Å². The largest absolute Gasteiger partial charge is 0.485 e. The van der Waals surface area contributed by atoms with Gasteiger partial charge in [-0.1, -0.05) is 6.92 Å². The number of anilines is 1. The van der Waals surface area contributed by atoms with Crippen LogP contribution in [0, 0.1) is 0 Å². The van der Waals surface area contributed by atoms with E-state index in [4.69, 9.17) is 5.73 Å². The molecule has 0 spiro atoms. The summed E-state index contributed by atoms with van der Waals surface area (Å²) in [5.74, 6) is -4.77. The van der Waals surface area contributed by atoms with Crippen LogP contribution in [0.25, 0.3) is 0 Å². The Morgan fingerprint density at radius 2 is 2.00 bits per heavy atom. The average molecular weight is 330 g/mol. The van der Waals surface area contributed by atoms with Gasteiger partial charge >= 0.3 is 12.3 Å². The Hall–Kier alpha value is -1.55. The summed E-state index contributed by atoms with van der Waals surface area (Å²) in [6, 6.07) is 3.17. The Morgan fingerprint density at radius 3 is 2.52 bits per heavy atom. The van der Waals surface area contributed by atoms with Crippen molar-refractivity contribution in [1.82, 2.24) is 4.72 Å². The number of hydrogen-bond donors (Lipinski definition) is 2. The maximum Gasteiger partial charge on any atom is 0.340 e. The maximum absolute atomic E-state index is 12.8. The third-order valence-electron chi connectivity index (χ3n) is 2.37. The molecule has 0 bridgehead atoms. The number of nitrogens with two attached hydrogens (primary N) is 1. The highest BCUT2D eigenvalue weighted by Crippen LogP contribution is 2.29. The third kappa shape index (κ3) is 4.46. The first-order valence-electron chi connectivity index (χ1n) is 5.78. The SMILES string of the molecule is CCNS(=O)(=O)c1ccc(N)c(OCC(F)(F)C(F)F)c1. The molecule has 0 heterocycles. The quantitative estimate of drug-likeness (QED) is 0.590. The van der Waals surface area contributed by atoms with Crippen molar-refractivity contribution in [2.45, 2.75) is 24.2 Å². The van der Waals surface area contributed by atoms with Crippen LogP contribution in [-0.4, -0.2) is 33.9 Å². The molecule has 1 aromatic rings. The second kappa shape index (κ2) is 6.48. The van der Waals surface area contributed by atoms with Crippen molar-refractivity contribution in [3.05, 3.63) is 18.2 Å². The van der Waals surface area contributed by atoms with E-state index in [9.17, 15) is 26.0 Å². The van der Waals surface area contributed by atoms with Gasteiger partial charge in [0, 0.05) is 12.6 Å². The number of alkyl halides is 4. The first-order chi connectivity index (χ1) is 9.60. The van der Waals surface area contributed by atoms with Gasteiger partial charge in [-0.3, -0.25) is 0 Å². The number of ether oxygens (including phenoxy) is 1. The lowest BCUT2D eigenvalue weighted by molar-refractivity contribution is -0.148. The van der Waals surface area contributed by atoms with Gasteiger partial charge in [0.2, 0.25) is 10.0 Å². The number of benzene rings is 1. The minimum absolute atomic E-state index is 0.117. The number of hydrogen-bond acceptors (Lipinski definition) is 4. The molecule has 0 amide bonds. The molecule has 0 radical (unpaired) electrons. The summed E-state index contributed by atoms with van der Waals surface area (Å²) in [6.45, 7) is 0.0569. The van der Waals surface area contributed by atoms with E-state index < -0.39 is 34.7 Å². The topological polar surface area (TPSA) is 81.4 Å². The molecule has 0 fully saturated rings. The van der Waals surface area contributed by atoms with Gasteiger partial charge in [-0.2, -0.15) is 8.78 Å². The van der Waals surface area contributed by atoms with E-state index in [0.717, 1.165) is 18.2 Å². The fraction of sp³-hybridized carbons (Fsp3) is 0.455. The van der Waals surface area contributed by atoms with E-state index in [1.165, 1.54) is 0 Å². The molecule has 5 nitrogen and oxygen atoms in total. The van der Waals surface area contributed by atoms with E-state index in [-0.39, 0.29) is 17.1 Å². The Kier molecular flexibility index (Phi) is 5.40. The Labute approximate surface area is 119 Å². The molecule has 0 aromatic heterocycles. The minimum Gasteiger partial charge on any atom is -0.485 e. The zero-order valence-electron chi connectivity index (χ0n) is 10.9. The molecule has 0 aliphatic carbocycles. The first-order valence-corrected chi connectivity index (χ1v) is 7.26. The van der Waals surface area contributed by atoms with Crippen LogP contribution in [0.2, 0.25) is 0 Å². The molecular formula is C11H14F4N2O3S. The van der Waals surface area contributed by atoms with Crippen molar-refractivity contribution in [2.75, 3.05) is 18.9 Å². The van der Waals surface area contributed by atoms with Crippen LogP contribution >= 0.6 is 0 Å². The van der Waals surface area contributed by atoms with Gasteiger partial charge in [-0.05, 0) is 12.1 Å². The van der Waals surface area contributed by atoms with Crippen LogP contribution in [0.3, 0.4) is 0 Å². The summed E-state index contributed by atoms with van der Waals surface area (Å²) >= 11 is 0. The van der Waals surface area contributed by atoms with Gasteiger partial charge < -0.3 is 10.5 Å². The number of nitrogens with one attached hydrogen (secondary N) is 1. The van der Waals surface area contributed by atoms with E-state index in [2.05, 4.69) is 9.46 Å². The van der Waals surface area contributed by atoms with Crippen molar-refractivity contribution in [1.29, 1.82) is 0 Å². The zero-order valence-corrected chi connectivity index (χ0v) is 11.8. The van der Waals surface area contributed by atoms with Crippen molar-refractivity contribution in [3.8, 4) is 5.75 Å². The zero-order chi connectivity index (χ0) is 16.3. The Morgan fingerprint density at radius 1 is 1.38 bits per heavy atom. The second-order valence-corrected chi connectivity index (χ2v) is 5.82. The lowest BCUT2D eigenvalue weighted by atomic mass is 10.3. The van der Waals surface area contributed by atoms with Crippen LogP contribution in [0.4, 0.5) is 23.2 Å². The lowest BCUT2D eigenvalue weighted by Gasteiger charge is -2.17. The summed E-state index contributed by atoms with van der Waals surface area (Å²) in [5, 5.41) is 0. The molecule has 0 unspecified atom stereocenters. The van der Waals surface area contributed by atoms with Crippen LogP contribution in [0.1, 0.15) is 6.92 Å². The highest BCUT2D eigenvalue weighted by atomic mass is 32.2. The van der Waals surface area contributed by atoms with Crippen molar-refractivity contribution in [2.24, 2.45) is 0 Å². The standard InChI is InChI=1S/C11H14F4N2O3S/c1-2-17-21(18,19)7-3-4-8(16)9(5-7)20-6-11(14,15)10(12)13/h3-5,10,17H,2,6,16H2,1H3. The highest BCUT2D eigenvalue weighted by Gasteiger charge is 2.41. The monoisotopic (exact) mass is 330 g/mol. The molecule has 3 N–H and O–H groups in total. The summed E-state index contributed by atoms with van der Waals surface area (Å²) < 4.78 is 79.8. The summed E-state index contributed by atoms with van der Waals surface area (Å²) in [6.07, 6.45) is -3.90. The van der Waals surface area contributed by atoms with Crippen LogP contribution in [0.5, 0.6) is 5.75 Å². The third-order valence-corrected chi connectivity index (χ3v) is 3.91. The second-order valence-electron chi connectivity index (χ2n) is 4.05. The number of nitrogen functional groups attached to an aromatic ring is 1. The van der Waals surface area contributed by atoms with Crippen LogP contribution in [-0.2, 0) is 10.0 Å². The van der Waals surface area contributed by atoms with Gasteiger partial charge in [-0.25, -0.2) is 21.9 Å². The van der Waals surface area contributed by atoms with Gasteiger partial charge in [0.25, 0.3) is 0 Å². The van der Waals surface area contributed by atoms with E-state index in [1.54, 1.807) is 6.92 Å². The summed E-state index contributed by atoms with van der Waals surface area (Å²) in [4.78, 5) is -0.270. The summed E-state index contributed by atoms with van der Waals surface area (Å²) in [7, 11) is -3.84. The molecule has 1 aromatic carbocycles. The maximum atomic E-state index is 12.8. The highest BCUT2D eigenvalue weighted by molar-refractivity contribution is 7.89. The fourth-order valence-corrected chi connectivity index (χ4v) is 2.37. The van der Waals surface area contributed by atoms with Gasteiger partial charge in [-0.15, -0.1) is 0 Å². The molecular weight excluding hydrogens is 316 g/mol. The average Bonchev–Trinajstić information content (AvgIpc) is 2.37. The molecule has 1 rings (SSSR count). The molecule has 0 aliphatic rings. The number of rotatable bonds is 7.